The lowest BCUT2D eigenvalue weighted by Gasteiger charge is -2.16. The Bertz CT molecular complexity index is 842. The fourth-order valence-corrected chi connectivity index (χ4v) is 4.45. The summed E-state index contributed by atoms with van der Waals surface area (Å²) in [5.74, 6) is 0. The maximum Gasteiger partial charge on any atom is 0.321 e. The lowest BCUT2D eigenvalue weighted by molar-refractivity contribution is 0.221. The summed E-state index contributed by atoms with van der Waals surface area (Å²) in [6.07, 6.45) is 3.83. The number of urea groups is 1. The van der Waals surface area contributed by atoms with Gasteiger partial charge in [0, 0.05) is 23.8 Å². The van der Waals surface area contributed by atoms with Crippen LogP contribution in [-0.4, -0.2) is 34.2 Å². The number of nitrogens with one attached hydrogen (secondary N) is 1. The average molecular weight is 365 g/mol. The van der Waals surface area contributed by atoms with E-state index in [-0.39, 0.29) is 6.03 Å². The minimum atomic E-state index is -0.134. The SMILES string of the molecule is CSc1nc2ccc(NC(=O)N(C)Cc3cnc(C)s3)cc2s1. The molecule has 3 rings (SSSR count). The smallest absolute Gasteiger partial charge is 0.321 e. The fourth-order valence-electron chi connectivity index (χ4n) is 2.07. The van der Waals surface area contributed by atoms with Crippen LogP contribution in [0.15, 0.2) is 28.7 Å². The third-order valence-electron chi connectivity index (χ3n) is 3.20. The maximum absolute atomic E-state index is 12.3. The Morgan fingerprint density at radius 1 is 1.39 bits per heavy atom. The molecule has 120 valence electrons. The van der Waals surface area contributed by atoms with Crippen molar-refractivity contribution in [3.8, 4) is 0 Å². The maximum atomic E-state index is 12.3. The van der Waals surface area contributed by atoms with Gasteiger partial charge in [-0.05, 0) is 31.4 Å². The van der Waals surface area contributed by atoms with E-state index in [0.717, 1.165) is 30.1 Å². The largest absolute Gasteiger partial charge is 0.322 e. The van der Waals surface area contributed by atoms with E-state index in [4.69, 9.17) is 0 Å². The topological polar surface area (TPSA) is 58.1 Å². The van der Waals surface area contributed by atoms with Crippen LogP contribution in [0.25, 0.3) is 10.2 Å². The summed E-state index contributed by atoms with van der Waals surface area (Å²) in [5, 5.41) is 3.94. The number of thiazole rings is 2. The molecular formula is C15H16N4OS3. The van der Waals surface area contributed by atoms with Crippen molar-refractivity contribution in [3.63, 3.8) is 0 Å². The lowest BCUT2D eigenvalue weighted by Crippen LogP contribution is -2.30. The molecule has 0 fully saturated rings. The van der Waals surface area contributed by atoms with Crippen LogP contribution in [0, 0.1) is 6.92 Å². The Hall–Kier alpha value is -1.64. The number of carbonyl (C=O) groups is 1. The molecule has 0 aliphatic carbocycles. The molecule has 8 heteroatoms. The summed E-state index contributed by atoms with van der Waals surface area (Å²) in [6.45, 7) is 2.51. The number of amides is 2. The van der Waals surface area contributed by atoms with E-state index in [1.54, 1.807) is 46.4 Å². The highest BCUT2D eigenvalue weighted by atomic mass is 32.2. The minimum Gasteiger partial charge on any atom is -0.322 e. The molecule has 2 aromatic heterocycles. The van der Waals surface area contributed by atoms with Gasteiger partial charge < -0.3 is 10.2 Å². The van der Waals surface area contributed by atoms with E-state index >= 15 is 0 Å². The van der Waals surface area contributed by atoms with E-state index in [9.17, 15) is 4.79 Å². The Balaban J connectivity index is 1.69. The van der Waals surface area contributed by atoms with Gasteiger partial charge in [0.1, 0.15) is 0 Å². The first-order valence-electron chi connectivity index (χ1n) is 6.93. The van der Waals surface area contributed by atoms with E-state index in [1.807, 2.05) is 37.6 Å². The molecule has 2 amide bonds. The standard InChI is InChI=1S/C15H16N4OS3/c1-9-16-7-11(22-9)8-19(2)14(20)17-10-4-5-12-13(6-10)23-15(18-12)21-3/h4-7H,8H2,1-3H3,(H,17,20). The Kier molecular flexibility index (Phi) is 4.84. The van der Waals surface area contributed by atoms with Gasteiger partial charge in [-0.25, -0.2) is 14.8 Å². The summed E-state index contributed by atoms with van der Waals surface area (Å²) >= 11 is 4.87. The second-order valence-electron chi connectivity index (χ2n) is 5.00. The van der Waals surface area contributed by atoms with Gasteiger partial charge in [-0.1, -0.05) is 11.8 Å². The number of thioether (sulfide) groups is 1. The van der Waals surface area contributed by atoms with Crippen LogP contribution in [-0.2, 0) is 6.54 Å². The highest BCUT2D eigenvalue weighted by Gasteiger charge is 2.12. The highest BCUT2D eigenvalue weighted by Crippen LogP contribution is 2.30. The number of anilines is 1. The Morgan fingerprint density at radius 2 is 2.22 bits per heavy atom. The van der Waals surface area contributed by atoms with Crippen molar-refractivity contribution in [1.29, 1.82) is 0 Å². The number of rotatable bonds is 4. The molecule has 3 aromatic rings. The molecule has 2 heterocycles. The second kappa shape index (κ2) is 6.86. The summed E-state index contributed by atoms with van der Waals surface area (Å²) < 4.78 is 2.11. The number of carbonyl (C=O) groups excluding carboxylic acids is 1. The third-order valence-corrected chi connectivity index (χ3v) is 6.10. The van der Waals surface area contributed by atoms with Gasteiger partial charge >= 0.3 is 6.03 Å². The summed E-state index contributed by atoms with van der Waals surface area (Å²) in [7, 11) is 1.78. The highest BCUT2D eigenvalue weighted by molar-refractivity contribution is 8.00. The van der Waals surface area contributed by atoms with Gasteiger partial charge in [0.05, 0.1) is 21.8 Å². The van der Waals surface area contributed by atoms with Crippen molar-refractivity contribution in [1.82, 2.24) is 14.9 Å². The zero-order valence-corrected chi connectivity index (χ0v) is 15.4. The van der Waals surface area contributed by atoms with Crippen molar-refractivity contribution < 1.29 is 4.79 Å². The van der Waals surface area contributed by atoms with Gasteiger partial charge in [0.25, 0.3) is 0 Å². The molecule has 1 aromatic carbocycles. The number of benzene rings is 1. The molecule has 0 saturated carbocycles. The number of aromatic nitrogens is 2. The Labute approximate surface area is 146 Å². The molecule has 0 aliphatic heterocycles. The summed E-state index contributed by atoms with van der Waals surface area (Å²) in [4.78, 5) is 23.7. The van der Waals surface area contributed by atoms with Crippen LogP contribution in [0.5, 0.6) is 0 Å². The molecule has 0 atom stereocenters. The molecule has 0 saturated heterocycles. The number of fused-ring (bicyclic) bond motifs is 1. The molecule has 23 heavy (non-hydrogen) atoms. The van der Waals surface area contributed by atoms with E-state index in [2.05, 4.69) is 15.3 Å². The van der Waals surface area contributed by atoms with Crippen molar-refractivity contribution >= 4 is 56.4 Å². The number of hydrogen-bond acceptors (Lipinski definition) is 6. The van der Waals surface area contributed by atoms with Crippen LogP contribution in [0.1, 0.15) is 9.88 Å². The molecule has 0 unspecified atom stereocenters. The van der Waals surface area contributed by atoms with Crippen molar-refractivity contribution in [3.05, 3.63) is 34.3 Å². The summed E-state index contributed by atoms with van der Waals surface area (Å²) in [6, 6.07) is 5.66. The first-order valence-corrected chi connectivity index (χ1v) is 9.79. The average Bonchev–Trinajstić information content (AvgIpc) is 3.12. The van der Waals surface area contributed by atoms with Crippen molar-refractivity contribution in [2.24, 2.45) is 0 Å². The summed E-state index contributed by atoms with van der Waals surface area (Å²) in [5.41, 5.74) is 1.75. The fraction of sp³-hybridized carbons (Fsp3) is 0.267. The zero-order valence-electron chi connectivity index (χ0n) is 13.0. The normalized spacial score (nSPS) is 10.9. The van der Waals surface area contributed by atoms with E-state index in [1.165, 1.54) is 0 Å². The molecule has 0 spiro atoms. The van der Waals surface area contributed by atoms with Crippen LogP contribution < -0.4 is 5.32 Å². The monoisotopic (exact) mass is 364 g/mol. The molecule has 5 nitrogen and oxygen atoms in total. The first-order chi connectivity index (χ1) is 11.0. The van der Waals surface area contributed by atoms with Crippen molar-refractivity contribution in [2.75, 3.05) is 18.6 Å². The third kappa shape index (κ3) is 3.82. The molecular weight excluding hydrogens is 348 g/mol. The van der Waals surface area contributed by atoms with Crippen molar-refractivity contribution in [2.45, 2.75) is 17.8 Å². The number of aryl methyl sites for hydroxylation is 1. The Morgan fingerprint density at radius 3 is 2.91 bits per heavy atom. The van der Waals surface area contributed by atoms with Gasteiger partial charge in [-0.2, -0.15) is 0 Å². The van der Waals surface area contributed by atoms with Crippen LogP contribution in [0.4, 0.5) is 10.5 Å². The molecule has 0 aliphatic rings. The van der Waals surface area contributed by atoms with Gasteiger partial charge in [-0.15, -0.1) is 22.7 Å². The van der Waals surface area contributed by atoms with Crippen LogP contribution in [0.2, 0.25) is 0 Å². The predicted octanol–water partition coefficient (Wildman–Crippen LogP) is 4.45. The number of nitrogens with zero attached hydrogens (tertiary/aromatic N) is 3. The molecule has 0 bridgehead atoms. The van der Waals surface area contributed by atoms with E-state index in [0.29, 0.717) is 6.54 Å². The van der Waals surface area contributed by atoms with E-state index < -0.39 is 0 Å². The molecule has 0 radical (unpaired) electrons. The number of hydrogen-bond donors (Lipinski definition) is 1. The molecule has 1 N–H and O–H groups in total. The quantitative estimate of drug-likeness (QED) is 0.695. The lowest BCUT2D eigenvalue weighted by atomic mass is 10.3. The predicted molar refractivity (Wildman–Crippen MR) is 98.7 cm³/mol. The zero-order chi connectivity index (χ0) is 16.4. The minimum absolute atomic E-state index is 0.134. The van der Waals surface area contributed by atoms with Crippen LogP contribution in [0.3, 0.4) is 0 Å². The van der Waals surface area contributed by atoms with Crippen LogP contribution >= 0.6 is 34.4 Å². The van der Waals surface area contributed by atoms with Gasteiger partial charge in [-0.3, -0.25) is 0 Å². The van der Waals surface area contributed by atoms with Gasteiger partial charge in [0.2, 0.25) is 0 Å². The van der Waals surface area contributed by atoms with Gasteiger partial charge in [0.15, 0.2) is 4.34 Å². The first kappa shape index (κ1) is 16.2. The second-order valence-corrected chi connectivity index (χ2v) is 8.40.